The predicted octanol–water partition coefficient (Wildman–Crippen LogP) is -1.95. The highest BCUT2D eigenvalue weighted by Gasteiger charge is 2.56. The predicted molar refractivity (Wildman–Crippen MR) is 45.8 cm³/mol. The summed E-state index contributed by atoms with van der Waals surface area (Å²) in [5.74, 6) is 5.23. The van der Waals surface area contributed by atoms with E-state index in [0.717, 1.165) is 19.3 Å². The van der Waals surface area contributed by atoms with Crippen LogP contribution < -0.4 is 11.8 Å². The van der Waals surface area contributed by atoms with Crippen LogP contribution in [0, 0.1) is 23.7 Å². The molecular formula is C9H16N2O4+2. The molecule has 4 unspecified atom stereocenters. The summed E-state index contributed by atoms with van der Waals surface area (Å²) in [6, 6.07) is 0. The van der Waals surface area contributed by atoms with Gasteiger partial charge in [0.25, 0.3) is 0 Å². The molecule has 0 radical (unpaired) electrons. The molecule has 2 fully saturated rings. The quantitative estimate of drug-likeness (QED) is 0.523. The summed E-state index contributed by atoms with van der Waals surface area (Å²) in [5.41, 5.74) is 0. The Kier molecular flexibility index (Phi) is 2.62. The van der Waals surface area contributed by atoms with Crippen LogP contribution in [0.5, 0.6) is 0 Å². The van der Waals surface area contributed by atoms with E-state index in [-0.39, 0.29) is 23.7 Å². The Morgan fingerprint density at radius 3 is 1.67 bits per heavy atom. The molecule has 0 aliphatic heterocycles. The van der Waals surface area contributed by atoms with E-state index < -0.39 is 11.9 Å². The molecule has 4 atom stereocenters. The van der Waals surface area contributed by atoms with Gasteiger partial charge in [0.1, 0.15) is 0 Å². The van der Waals surface area contributed by atoms with Crippen LogP contribution in [0.15, 0.2) is 0 Å². The lowest BCUT2D eigenvalue weighted by Gasteiger charge is -2.24. The summed E-state index contributed by atoms with van der Waals surface area (Å²) in [6.07, 6.45) is 2.90. The second-order valence-electron chi connectivity index (χ2n) is 4.31. The van der Waals surface area contributed by atoms with Gasteiger partial charge in [0.2, 0.25) is 0 Å². The van der Waals surface area contributed by atoms with Crippen LogP contribution in [0.4, 0.5) is 0 Å². The fraction of sp³-hybridized carbons (Fsp3) is 0.778. The molecule has 6 nitrogen and oxygen atoms in total. The molecule has 0 amide bonds. The minimum atomic E-state index is -0.391. The van der Waals surface area contributed by atoms with Gasteiger partial charge in [-0.1, -0.05) is 0 Å². The van der Waals surface area contributed by atoms with Crippen LogP contribution in [0.3, 0.4) is 0 Å². The molecule has 2 aliphatic rings. The molecule has 2 aliphatic carbocycles. The number of carbonyl (C=O) groups excluding carboxylic acids is 2. The standard InChI is InChI=1S/C9H16N2O4/c10-14-8(12)6-4-1-2-5(3-4)7(6)9(13)15-11/h4-7H,1-3H2,10-11H3/q+2. The second kappa shape index (κ2) is 3.79. The van der Waals surface area contributed by atoms with Gasteiger partial charge in [-0.15, -0.1) is 0 Å². The third-order valence-corrected chi connectivity index (χ3v) is 3.75. The molecule has 15 heavy (non-hydrogen) atoms. The van der Waals surface area contributed by atoms with Gasteiger partial charge in [0.15, 0.2) is 0 Å². The Hall–Kier alpha value is -1.14. The lowest BCUT2D eigenvalue weighted by atomic mass is 9.79. The van der Waals surface area contributed by atoms with Crippen molar-refractivity contribution in [1.29, 1.82) is 0 Å². The van der Waals surface area contributed by atoms with Crippen LogP contribution in [0.25, 0.3) is 0 Å². The number of quaternary nitrogens is 2. The summed E-state index contributed by atoms with van der Waals surface area (Å²) in [7, 11) is 0. The van der Waals surface area contributed by atoms with E-state index >= 15 is 0 Å². The molecule has 2 saturated carbocycles. The minimum absolute atomic E-state index is 0.258. The number of fused-ring (bicyclic) bond motifs is 2. The van der Waals surface area contributed by atoms with E-state index in [9.17, 15) is 9.59 Å². The van der Waals surface area contributed by atoms with Crippen molar-refractivity contribution in [2.24, 2.45) is 23.7 Å². The Morgan fingerprint density at radius 2 is 1.33 bits per heavy atom. The van der Waals surface area contributed by atoms with Gasteiger partial charge in [0.05, 0.1) is 11.8 Å². The molecule has 84 valence electrons. The number of rotatable bonds is 2. The van der Waals surface area contributed by atoms with Gasteiger partial charge >= 0.3 is 11.9 Å². The lowest BCUT2D eigenvalue weighted by Crippen LogP contribution is -2.57. The SMILES string of the molecule is [NH3+]OC(=O)C1C2CCC(C2)C1C(=O)O[NH3+]. The highest BCUT2D eigenvalue weighted by Crippen LogP contribution is 2.52. The highest BCUT2D eigenvalue weighted by atomic mass is 16.7. The first kappa shape index (κ1) is 10.4. The molecule has 2 rings (SSSR count). The van der Waals surface area contributed by atoms with E-state index in [0.29, 0.717) is 0 Å². The normalized spacial score (nSPS) is 37.7. The van der Waals surface area contributed by atoms with Crippen molar-refractivity contribution in [3.63, 3.8) is 0 Å². The number of carbonyl (C=O) groups is 2. The van der Waals surface area contributed by atoms with Gasteiger partial charge in [-0.2, -0.15) is 11.8 Å². The molecular weight excluding hydrogens is 200 g/mol. The third kappa shape index (κ3) is 1.49. The molecule has 0 saturated heterocycles. The van der Waals surface area contributed by atoms with Gasteiger partial charge in [-0.3, -0.25) is 9.68 Å². The van der Waals surface area contributed by atoms with Crippen LogP contribution in [-0.2, 0) is 19.3 Å². The zero-order chi connectivity index (χ0) is 11.0. The third-order valence-electron chi connectivity index (χ3n) is 3.75. The molecule has 0 spiro atoms. The van der Waals surface area contributed by atoms with Crippen LogP contribution in [0.2, 0.25) is 0 Å². The van der Waals surface area contributed by atoms with Crippen molar-refractivity contribution < 1.29 is 31.1 Å². The fourth-order valence-electron chi connectivity index (χ4n) is 3.16. The first-order valence-corrected chi connectivity index (χ1v) is 5.10. The zero-order valence-electron chi connectivity index (χ0n) is 8.48. The van der Waals surface area contributed by atoms with Crippen molar-refractivity contribution in [3.05, 3.63) is 0 Å². The van der Waals surface area contributed by atoms with Crippen molar-refractivity contribution in [2.45, 2.75) is 19.3 Å². The number of hydrogen-bond acceptors (Lipinski definition) is 4. The molecule has 6 N–H and O–H groups in total. The molecule has 0 aromatic carbocycles. The van der Waals surface area contributed by atoms with E-state index in [2.05, 4.69) is 21.5 Å². The Balaban J connectivity index is 2.19. The van der Waals surface area contributed by atoms with Gasteiger partial charge in [-0.25, -0.2) is 9.59 Å². The summed E-state index contributed by atoms with van der Waals surface area (Å²) in [6.45, 7) is 0. The second-order valence-corrected chi connectivity index (χ2v) is 4.31. The molecule has 0 aromatic heterocycles. The average molecular weight is 216 g/mol. The van der Waals surface area contributed by atoms with Crippen molar-refractivity contribution >= 4 is 11.9 Å². The molecule has 6 heteroatoms. The minimum Gasteiger partial charge on any atom is -0.281 e. The van der Waals surface area contributed by atoms with E-state index in [1.807, 2.05) is 0 Å². The van der Waals surface area contributed by atoms with Gasteiger partial charge < -0.3 is 0 Å². The van der Waals surface area contributed by atoms with Crippen LogP contribution >= 0.6 is 0 Å². The molecule has 0 heterocycles. The molecule has 0 aromatic rings. The summed E-state index contributed by atoms with van der Waals surface area (Å²) >= 11 is 0. The zero-order valence-corrected chi connectivity index (χ0v) is 8.48. The first-order chi connectivity index (χ1) is 7.19. The first-order valence-electron chi connectivity index (χ1n) is 5.10. The van der Waals surface area contributed by atoms with Crippen LogP contribution in [0.1, 0.15) is 19.3 Å². The topological polar surface area (TPSA) is 108 Å². The van der Waals surface area contributed by atoms with E-state index in [4.69, 9.17) is 0 Å². The monoisotopic (exact) mass is 216 g/mol. The van der Waals surface area contributed by atoms with Gasteiger partial charge in [0, 0.05) is 0 Å². The van der Waals surface area contributed by atoms with Crippen LogP contribution in [-0.4, -0.2) is 11.9 Å². The Labute approximate surface area is 86.8 Å². The van der Waals surface area contributed by atoms with Crippen molar-refractivity contribution in [1.82, 2.24) is 0 Å². The lowest BCUT2D eigenvalue weighted by molar-refractivity contribution is -0.660. The largest absolute Gasteiger partial charge is 0.370 e. The summed E-state index contributed by atoms with van der Waals surface area (Å²) < 4.78 is 0. The van der Waals surface area contributed by atoms with E-state index in [1.165, 1.54) is 0 Å². The average Bonchev–Trinajstić information content (AvgIpc) is 2.86. The molecule has 2 bridgehead atoms. The van der Waals surface area contributed by atoms with Crippen molar-refractivity contribution in [2.75, 3.05) is 0 Å². The van der Waals surface area contributed by atoms with Gasteiger partial charge in [-0.05, 0) is 31.1 Å². The Morgan fingerprint density at radius 1 is 0.933 bits per heavy atom. The highest BCUT2D eigenvalue weighted by molar-refractivity contribution is 5.83. The van der Waals surface area contributed by atoms with Crippen molar-refractivity contribution in [3.8, 4) is 0 Å². The smallest absolute Gasteiger partial charge is 0.281 e. The maximum absolute atomic E-state index is 11.5. The van der Waals surface area contributed by atoms with E-state index in [1.54, 1.807) is 0 Å². The number of hydrogen-bond donors (Lipinski definition) is 2. The fourth-order valence-corrected chi connectivity index (χ4v) is 3.16. The maximum atomic E-state index is 11.5. The summed E-state index contributed by atoms with van der Waals surface area (Å²) in [5, 5.41) is 0. The Bertz CT molecular complexity index is 266. The maximum Gasteiger partial charge on any atom is 0.370 e. The summed E-state index contributed by atoms with van der Waals surface area (Å²) in [4.78, 5) is 32.0.